The van der Waals surface area contributed by atoms with E-state index in [2.05, 4.69) is 48.6 Å². The van der Waals surface area contributed by atoms with E-state index in [1.807, 2.05) is 0 Å². The van der Waals surface area contributed by atoms with Crippen LogP contribution in [-0.4, -0.2) is 0 Å². The van der Waals surface area contributed by atoms with Crippen LogP contribution < -0.4 is 0 Å². The number of allylic oxidation sites excluding steroid dienone is 8. The van der Waals surface area contributed by atoms with E-state index in [1.54, 1.807) is 0 Å². The van der Waals surface area contributed by atoms with Gasteiger partial charge in [-0.1, -0.05) is 42.5 Å². The molecule has 0 aromatic heterocycles. The Hall–Kier alpha value is -1.04. The Morgan fingerprint density at radius 2 is 1.29 bits per heavy atom. The van der Waals surface area contributed by atoms with Gasteiger partial charge in [0.2, 0.25) is 0 Å². The van der Waals surface area contributed by atoms with Crippen molar-refractivity contribution in [2.75, 3.05) is 0 Å². The highest BCUT2D eigenvalue weighted by atomic mass is 13.9. The van der Waals surface area contributed by atoms with Gasteiger partial charge < -0.3 is 0 Å². The lowest BCUT2D eigenvalue weighted by Crippen LogP contribution is -1.70. The van der Waals surface area contributed by atoms with Gasteiger partial charge in [-0.2, -0.15) is 0 Å². The molecule has 0 nitrogen and oxygen atoms in total. The molecule has 0 fully saturated rings. The van der Waals surface area contributed by atoms with Crippen LogP contribution in [-0.2, 0) is 0 Å². The van der Waals surface area contributed by atoms with Gasteiger partial charge in [0.1, 0.15) is 0 Å². The predicted octanol–water partition coefficient (Wildman–Crippen LogP) is 4.37. The van der Waals surface area contributed by atoms with E-state index in [9.17, 15) is 0 Å². The monoisotopic (exact) mass is 187 g/mol. The van der Waals surface area contributed by atoms with Crippen molar-refractivity contribution in [1.82, 2.24) is 0 Å². The second kappa shape index (κ2) is 8.55. The van der Waals surface area contributed by atoms with Crippen molar-refractivity contribution in [3.63, 3.8) is 0 Å². The van der Waals surface area contributed by atoms with Gasteiger partial charge in [0.25, 0.3) is 0 Å². The Labute approximate surface area is 87.7 Å². The number of rotatable bonds is 0. The highest BCUT2D eigenvalue weighted by Gasteiger charge is 1.80. The first-order valence-corrected chi connectivity index (χ1v) is 5.50. The van der Waals surface area contributed by atoms with E-state index in [-0.39, 0.29) is 0 Å². The van der Waals surface area contributed by atoms with E-state index in [4.69, 9.17) is 0 Å². The van der Waals surface area contributed by atoms with Gasteiger partial charge in [-0.25, -0.2) is 0 Å². The molecule has 0 N–H and O–H groups in total. The first-order valence-electron chi connectivity index (χ1n) is 5.50. The highest BCUT2D eigenvalue weighted by molar-refractivity contribution is 4.97. The average molecular weight is 187 g/mol. The minimum absolute atomic E-state index is 1.03. The summed E-state index contributed by atoms with van der Waals surface area (Å²) in [6.45, 7) is 0. The maximum atomic E-state index is 3.29. The SMILES string of the molecule is [C]1=CCC=CCC=CCCC=CCC1. The Kier molecular flexibility index (Phi) is 6.74. The molecule has 1 aliphatic rings. The third kappa shape index (κ3) is 6.47. The zero-order valence-electron chi connectivity index (χ0n) is 8.78. The predicted molar refractivity (Wildman–Crippen MR) is 62.9 cm³/mol. The van der Waals surface area contributed by atoms with Crippen LogP contribution in [0.15, 0.2) is 42.5 Å². The van der Waals surface area contributed by atoms with Crippen molar-refractivity contribution in [2.24, 2.45) is 0 Å². The molecule has 0 aliphatic heterocycles. The summed E-state index contributed by atoms with van der Waals surface area (Å²) < 4.78 is 0. The molecule has 1 aliphatic carbocycles. The fraction of sp³-hybridized carbons (Fsp3) is 0.429. The van der Waals surface area contributed by atoms with Gasteiger partial charge >= 0.3 is 0 Å². The first kappa shape index (κ1) is 11.0. The normalized spacial score (nSPS) is 19.4. The average Bonchev–Trinajstić information content (AvgIpc) is 2.22. The number of hydrogen-bond donors (Lipinski definition) is 0. The molecule has 0 amide bonds. The molecule has 75 valence electrons. The quantitative estimate of drug-likeness (QED) is 0.494. The molecule has 1 rings (SSSR count). The van der Waals surface area contributed by atoms with Gasteiger partial charge in [0, 0.05) is 0 Å². The van der Waals surface area contributed by atoms with Crippen LogP contribution in [0.1, 0.15) is 38.5 Å². The van der Waals surface area contributed by atoms with E-state index >= 15 is 0 Å². The standard InChI is InChI=1S/C14H19/c1-2-4-6-8-10-12-14-13-11-9-7-5-3-1/h1-2,5-7,13-14H,3-4,9-12H2. The third-order valence-electron chi connectivity index (χ3n) is 2.13. The lowest BCUT2D eigenvalue weighted by molar-refractivity contribution is 0.983. The molecule has 0 saturated heterocycles. The molecule has 0 atom stereocenters. The van der Waals surface area contributed by atoms with E-state index in [0.29, 0.717) is 0 Å². The van der Waals surface area contributed by atoms with Gasteiger partial charge in [0.15, 0.2) is 0 Å². The Morgan fingerprint density at radius 1 is 0.643 bits per heavy atom. The van der Waals surface area contributed by atoms with Gasteiger partial charge in [0.05, 0.1) is 0 Å². The molecule has 0 aromatic carbocycles. The maximum Gasteiger partial charge on any atom is -0.0163 e. The zero-order valence-corrected chi connectivity index (χ0v) is 8.78. The van der Waals surface area contributed by atoms with Crippen LogP contribution in [0.3, 0.4) is 0 Å². The Balaban J connectivity index is 2.34. The molecule has 0 saturated carbocycles. The molecule has 14 heavy (non-hydrogen) atoms. The van der Waals surface area contributed by atoms with Gasteiger partial charge in [-0.3, -0.25) is 0 Å². The van der Waals surface area contributed by atoms with E-state index < -0.39 is 0 Å². The lowest BCUT2D eigenvalue weighted by Gasteiger charge is -1.90. The van der Waals surface area contributed by atoms with Crippen molar-refractivity contribution in [1.29, 1.82) is 0 Å². The summed E-state index contributed by atoms with van der Waals surface area (Å²) in [5.41, 5.74) is 0. The van der Waals surface area contributed by atoms with Crippen LogP contribution in [0.2, 0.25) is 0 Å². The minimum Gasteiger partial charge on any atom is -0.0882 e. The summed E-state index contributed by atoms with van der Waals surface area (Å²) in [5.74, 6) is 0. The second-order valence-electron chi connectivity index (χ2n) is 3.41. The molecule has 0 spiro atoms. The van der Waals surface area contributed by atoms with E-state index in [0.717, 1.165) is 25.7 Å². The van der Waals surface area contributed by atoms with Crippen molar-refractivity contribution in [3.8, 4) is 0 Å². The van der Waals surface area contributed by atoms with Crippen molar-refractivity contribution < 1.29 is 0 Å². The molecular weight excluding hydrogens is 168 g/mol. The van der Waals surface area contributed by atoms with Crippen LogP contribution in [0.5, 0.6) is 0 Å². The van der Waals surface area contributed by atoms with Crippen LogP contribution in [0.25, 0.3) is 0 Å². The largest absolute Gasteiger partial charge is 0.0882 e. The molecule has 0 aromatic rings. The first-order chi connectivity index (χ1) is 7.00. The minimum atomic E-state index is 1.03. The topological polar surface area (TPSA) is 0 Å². The van der Waals surface area contributed by atoms with Crippen LogP contribution in [0.4, 0.5) is 0 Å². The lowest BCUT2D eigenvalue weighted by atomic mass is 10.2. The third-order valence-corrected chi connectivity index (χ3v) is 2.13. The summed E-state index contributed by atoms with van der Waals surface area (Å²) in [5, 5.41) is 0. The summed E-state index contributed by atoms with van der Waals surface area (Å²) in [4.78, 5) is 0. The molecule has 1 radical (unpaired) electrons. The van der Waals surface area contributed by atoms with Gasteiger partial charge in [-0.05, 0) is 44.6 Å². The molecule has 0 unspecified atom stereocenters. The summed E-state index contributed by atoms with van der Waals surface area (Å²) in [7, 11) is 0. The maximum absolute atomic E-state index is 3.29. The second-order valence-corrected chi connectivity index (χ2v) is 3.41. The fourth-order valence-corrected chi connectivity index (χ4v) is 1.33. The van der Waals surface area contributed by atoms with Crippen LogP contribution >= 0.6 is 0 Å². The summed E-state index contributed by atoms with van der Waals surface area (Å²) in [6.07, 6.45) is 25.5. The van der Waals surface area contributed by atoms with Crippen molar-refractivity contribution in [3.05, 3.63) is 48.6 Å². The molecule has 0 bridgehead atoms. The Bertz CT molecular complexity index is 204. The molecular formula is C14H19. The zero-order chi connectivity index (χ0) is 9.90. The summed E-state index contributed by atoms with van der Waals surface area (Å²) >= 11 is 0. The summed E-state index contributed by atoms with van der Waals surface area (Å²) in [6, 6.07) is 0. The fourth-order valence-electron chi connectivity index (χ4n) is 1.33. The Morgan fingerprint density at radius 3 is 2.21 bits per heavy atom. The smallest absolute Gasteiger partial charge is 0.0163 e. The van der Waals surface area contributed by atoms with E-state index in [1.165, 1.54) is 12.8 Å². The van der Waals surface area contributed by atoms with Crippen molar-refractivity contribution in [2.45, 2.75) is 38.5 Å². The van der Waals surface area contributed by atoms with Crippen LogP contribution in [0, 0.1) is 6.08 Å². The molecule has 0 heteroatoms. The molecule has 0 heterocycles. The van der Waals surface area contributed by atoms with Crippen molar-refractivity contribution >= 4 is 0 Å². The van der Waals surface area contributed by atoms with Gasteiger partial charge in [-0.15, -0.1) is 0 Å². The number of hydrogen-bond acceptors (Lipinski definition) is 0. The highest BCUT2D eigenvalue weighted by Crippen LogP contribution is 2.00.